The second-order valence-corrected chi connectivity index (χ2v) is 6.87. The summed E-state index contributed by atoms with van der Waals surface area (Å²) in [4.78, 5) is 23.4. The Morgan fingerprint density at radius 3 is 2.54 bits per heavy atom. The normalized spacial score (nSPS) is 16.8. The zero-order valence-electron chi connectivity index (χ0n) is 15.2. The van der Waals surface area contributed by atoms with E-state index in [9.17, 15) is 13.6 Å². The molecule has 6 heteroatoms. The number of halogens is 2. The number of carbonyl (C=O) groups excluding carboxylic acids is 1. The maximum atomic E-state index is 14.3. The van der Waals surface area contributed by atoms with Gasteiger partial charge in [-0.3, -0.25) is 14.8 Å². The lowest BCUT2D eigenvalue weighted by molar-refractivity contribution is 0.0706. The summed E-state index contributed by atoms with van der Waals surface area (Å²) in [6, 6.07) is 12.1. The fourth-order valence-corrected chi connectivity index (χ4v) is 3.67. The van der Waals surface area contributed by atoms with Crippen molar-refractivity contribution in [2.24, 2.45) is 0 Å². The number of amides is 1. The summed E-state index contributed by atoms with van der Waals surface area (Å²) in [5.74, 6) is -0.899. The number of piperidine rings is 1. The number of likely N-dealkylation sites (tertiary alicyclic amines) is 1. The van der Waals surface area contributed by atoms with E-state index in [4.69, 9.17) is 0 Å². The Hall–Kier alpha value is -3.15. The standard InChI is InChI=1S/C22H19F2N3O/c23-17-9-7-15(8-10-17)22(28)27-13-3-4-16(14-27)20-21(26-12-11-25-20)18-5-1-2-6-19(18)24/h1-2,5-12,16H,3-4,13-14H2. The zero-order chi connectivity index (χ0) is 19.5. The molecule has 0 spiro atoms. The van der Waals surface area contributed by atoms with Gasteiger partial charge < -0.3 is 4.90 Å². The Balaban J connectivity index is 1.61. The molecule has 1 aliphatic heterocycles. The third-order valence-corrected chi connectivity index (χ3v) is 5.04. The van der Waals surface area contributed by atoms with Crippen molar-refractivity contribution in [2.45, 2.75) is 18.8 Å². The molecule has 0 saturated carbocycles. The largest absolute Gasteiger partial charge is 0.338 e. The summed E-state index contributed by atoms with van der Waals surface area (Å²) in [5.41, 5.74) is 2.08. The van der Waals surface area contributed by atoms with Crippen molar-refractivity contribution in [2.75, 3.05) is 13.1 Å². The van der Waals surface area contributed by atoms with Crippen LogP contribution in [-0.4, -0.2) is 33.9 Å². The monoisotopic (exact) mass is 379 g/mol. The van der Waals surface area contributed by atoms with Crippen LogP contribution in [0.2, 0.25) is 0 Å². The van der Waals surface area contributed by atoms with Crippen LogP contribution < -0.4 is 0 Å². The summed E-state index contributed by atoms with van der Waals surface area (Å²) in [6.07, 6.45) is 4.80. The fraction of sp³-hybridized carbons (Fsp3) is 0.227. The van der Waals surface area contributed by atoms with Crippen LogP contribution in [0, 0.1) is 11.6 Å². The molecule has 0 N–H and O–H groups in total. The lowest BCUT2D eigenvalue weighted by Gasteiger charge is -2.33. The molecular weight excluding hydrogens is 360 g/mol. The van der Waals surface area contributed by atoms with E-state index in [0.717, 1.165) is 12.8 Å². The molecule has 1 aromatic heterocycles. The zero-order valence-corrected chi connectivity index (χ0v) is 15.2. The maximum absolute atomic E-state index is 14.3. The highest BCUT2D eigenvalue weighted by molar-refractivity contribution is 5.94. The van der Waals surface area contributed by atoms with Crippen LogP contribution in [0.1, 0.15) is 34.8 Å². The minimum absolute atomic E-state index is 0.0403. The number of hydrogen-bond donors (Lipinski definition) is 0. The van der Waals surface area contributed by atoms with Gasteiger partial charge in [0.2, 0.25) is 0 Å². The van der Waals surface area contributed by atoms with E-state index in [1.807, 2.05) is 0 Å². The van der Waals surface area contributed by atoms with E-state index in [2.05, 4.69) is 9.97 Å². The van der Waals surface area contributed by atoms with Crippen LogP contribution in [0.25, 0.3) is 11.3 Å². The number of benzene rings is 2. The second kappa shape index (κ2) is 7.84. The number of hydrogen-bond acceptors (Lipinski definition) is 3. The smallest absolute Gasteiger partial charge is 0.253 e. The van der Waals surface area contributed by atoms with E-state index in [1.165, 1.54) is 30.3 Å². The highest BCUT2D eigenvalue weighted by atomic mass is 19.1. The van der Waals surface area contributed by atoms with Gasteiger partial charge in [0, 0.05) is 42.5 Å². The van der Waals surface area contributed by atoms with Crippen LogP contribution in [0.3, 0.4) is 0 Å². The second-order valence-electron chi connectivity index (χ2n) is 6.87. The van der Waals surface area contributed by atoms with Crippen LogP contribution in [0.15, 0.2) is 60.9 Å². The van der Waals surface area contributed by atoms with Gasteiger partial charge in [-0.05, 0) is 49.2 Å². The molecule has 2 heterocycles. The van der Waals surface area contributed by atoms with E-state index in [0.29, 0.717) is 35.6 Å². The first kappa shape index (κ1) is 18.2. The highest BCUT2D eigenvalue weighted by Gasteiger charge is 2.29. The van der Waals surface area contributed by atoms with Gasteiger partial charge in [0.15, 0.2) is 0 Å². The molecule has 1 aliphatic rings. The lowest BCUT2D eigenvalue weighted by Crippen LogP contribution is -2.39. The SMILES string of the molecule is O=C(c1ccc(F)cc1)N1CCCC(c2nccnc2-c2ccccc2F)C1. The number of rotatable bonds is 3. The van der Waals surface area contributed by atoms with Crippen LogP contribution >= 0.6 is 0 Å². The maximum Gasteiger partial charge on any atom is 0.253 e. The Morgan fingerprint density at radius 2 is 1.75 bits per heavy atom. The average molecular weight is 379 g/mol. The molecule has 0 radical (unpaired) electrons. The summed E-state index contributed by atoms with van der Waals surface area (Å²) >= 11 is 0. The summed E-state index contributed by atoms with van der Waals surface area (Å²) in [7, 11) is 0. The van der Waals surface area contributed by atoms with Gasteiger partial charge >= 0.3 is 0 Å². The number of carbonyl (C=O) groups is 1. The first-order valence-corrected chi connectivity index (χ1v) is 9.24. The molecule has 2 aromatic carbocycles. The molecule has 0 bridgehead atoms. The molecule has 4 nitrogen and oxygen atoms in total. The van der Waals surface area contributed by atoms with Gasteiger partial charge in [-0.2, -0.15) is 0 Å². The van der Waals surface area contributed by atoms with Crippen molar-refractivity contribution in [3.05, 3.63) is 83.8 Å². The predicted molar refractivity (Wildman–Crippen MR) is 102 cm³/mol. The Kier molecular flexibility index (Phi) is 5.10. The molecule has 142 valence electrons. The van der Waals surface area contributed by atoms with Crippen molar-refractivity contribution in [3.8, 4) is 11.3 Å². The summed E-state index contributed by atoms with van der Waals surface area (Å²) in [5, 5.41) is 0. The third kappa shape index (κ3) is 3.63. The lowest BCUT2D eigenvalue weighted by atomic mass is 9.91. The van der Waals surface area contributed by atoms with Gasteiger partial charge in [0.05, 0.1) is 11.4 Å². The molecular formula is C22H19F2N3O. The van der Waals surface area contributed by atoms with Crippen molar-refractivity contribution >= 4 is 5.91 Å². The van der Waals surface area contributed by atoms with E-state index in [1.54, 1.807) is 35.5 Å². The fourth-order valence-electron chi connectivity index (χ4n) is 3.67. The molecule has 1 unspecified atom stereocenters. The number of aromatic nitrogens is 2. The molecule has 1 atom stereocenters. The summed E-state index contributed by atoms with van der Waals surface area (Å²) in [6.45, 7) is 1.10. The van der Waals surface area contributed by atoms with Gasteiger partial charge in [-0.15, -0.1) is 0 Å². The third-order valence-electron chi connectivity index (χ3n) is 5.04. The van der Waals surface area contributed by atoms with Crippen molar-refractivity contribution < 1.29 is 13.6 Å². The quantitative estimate of drug-likeness (QED) is 0.676. The Bertz CT molecular complexity index is 991. The first-order valence-electron chi connectivity index (χ1n) is 9.24. The highest BCUT2D eigenvalue weighted by Crippen LogP contribution is 2.33. The molecule has 1 fully saturated rings. The Morgan fingerprint density at radius 1 is 1.00 bits per heavy atom. The predicted octanol–water partition coefficient (Wildman–Crippen LogP) is 4.44. The summed E-state index contributed by atoms with van der Waals surface area (Å²) < 4.78 is 27.5. The molecule has 0 aliphatic carbocycles. The molecule has 1 saturated heterocycles. The van der Waals surface area contributed by atoms with Crippen molar-refractivity contribution in [1.82, 2.24) is 14.9 Å². The van der Waals surface area contributed by atoms with Gasteiger partial charge in [0.25, 0.3) is 5.91 Å². The van der Waals surface area contributed by atoms with Gasteiger partial charge in [-0.25, -0.2) is 8.78 Å². The molecule has 4 rings (SSSR count). The van der Waals surface area contributed by atoms with Crippen LogP contribution in [0.4, 0.5) is 8.78 Å². The van der Waals surface area contributed by atoms with E-state index in [-0.39, 0.29) is 23.5 Å². The number of nitrogens with zero attached hydrogens (tertiary/aromatic N) is 3. The minimum Gasteiger partial charge on any atom is -0.338 e. The Labute approximate surface area is 161 Å². The molecule has 28 heavy (non-hydrogen) atoms. The minimum atomic E-state index is -0.373. The van der Waals surface area contributed by atoms with Crippen molar-refractivity contribution in [3.63, 3.8) is 0 Å². The van der Waals surface area contributed by atoms with Crippen molar-refractivity contribution in [1.29, 1.82) is 0 Å². The average Bonchev–Trinajstić information content (AvgIpc) is 2.74. The molecule has 1 amide bonds. The van der Waals surface area contributed by atoms with E-state index < -0.39 is 0 Å². The van der Waals surface area contributed by atoms with Gasteiger partial charge in [0.1, 0.15) is 11.6 Å². The van der Waals surface area contributed by atoms with Gasteiger partial charge in [-0.1, -0.05) is 12.1 Å². The van der Waals surface area contributed by atoms with Crippen LogP contribution in [0.5, 0.6) is 0 Å². The molecule has 3 aromatic rings. The first-order chi connectivity index (χ1) is 13.6. The van der Waals surface area contributed by atoms with Crippen LogP contribution in [-0.2, 0) is 0 Å². The van der Waals surface area contributed by atoms with E-state index >= 15 is 0 Å². The topological polar surface area (TPSA) is 46.1 Å².